The van der Waals surface area contributed by atoms with Gasteiger partial charge in [0.2, 0.25) is 10.0 Å². The zero-order chi connectivity index (χ0) is 19.7. The number of sulfonamides is 1. The molecule has 28 heavy (non-hydrogen) atoms. The van der Waals surface area contributed by atoms with Gasteiger partial charge in [-0.05, 0) is 61.4 Å². The van der Waals surface area contributed by atoms with Crippen molar-refractivity contribution in [3.05, 3.63) is 78.1 Å². The molecule has 0 unspecified atom stereocenters. The molecule has 3 aromatic rings. The second kappa shape index (κ2) is 7.16. The van der Waals surface area contributed by atoms with Gasteiger partial charge in [0.15, 0.2) is 0 Å². The Kier molecular flexibility index (Phi) is 4.68. The van der Waals surface area contributed by atoms with Gasteiger partial charge >= 0.3 is 0 Å². The van der Waals surface area contributed by atoms with E-state index < -0.39 is 10.0 Å². The molecule has 1 aliphatic heterocycles. The van der Waals surface area contributed by atoms with E-state index in [1.807, 2.05) is 60.3 Å². The molecule has 1 fully saturated rings. The number of aryl methyl sites for hydroxylation is 1. The van der Waals surface area contributed by atoms with E-state index in [9.17, 15) is 13.2 Å². The summed E-state index contributed by atoms with van der Waals surface area (Å²) in [6.07, 6.45) is 4.45. The number of hydrogen-bond donors (Lipinski definition) is 1. The van der Waals surface area contributed by atoms with Crippen LogP contribution in [0.2, 0.25) is 0 Å². The number of nitrogens with zero attached hydrogens (tertiary/aromatic N) is 2. The van der Waals surface area contributed by atoms with Gasteiger partial charge in [0.1, 0.15) is 0 Å². The van der Waals surface area contributed by atoms with Crippen LogP contribution in [0.5, 0.6) is 0 Å². The third-order valence-electron chi connectivity index (χ3n) is 4.85. The van der Waals surface area contributed by atoms with Crippen molar-refractivity contribution < 1.29 is 13.2 Å². The number of hydrogen-bond acceptors (Lipinski definition) is 3. The van der Waals surface area contributed by atoms with Gasteiger partial charge in [0.25, 0.3) is 5.91 Å². The maximum absolute atomic E-state index is 12.7. The maximum atomic E-state index is 12.7. The van der Waals surface area contributed by atoms with Crippen LogP contribution in [0, 0.1) is 6.92 Å². The van der Waals surface area contributed by atoms with Crippen LogP contribution < -0.4 is 9.62 Å². The van der Waals surface area contributed by atoms with Crippen molar-refractivity contribution in [2.45, 2.75) is 13.3 Å². The highest BCUT2D eigenvalue weighted by molar-refractivity contribution is 7.93. The molecule has 1 aromatic heterocycles. The number of benzene rings is 2. The molecule has 144 valence electrons. The molecule has 0 bridgehead atoms. The van der Waals surface area contributed by atoms with Gasteiger partial charge in [-0.25, -0.2) is 8.42 Å². The molecule has 1 amide bonds. The van der Waals surface area contributed by atoms with Crippen LogP contribution in [0.25, 0.3) is 5.69 Å². The van der Waals surface area contributed by atoms with Crippen LogP contribution in [0.1, 0.15) is 22.3 Å². The van der Waals surface area contributed by atoms with Gasteiger partial charge in [-0.15, -0.1) is 0 Å². The van der Waals surface area contributed by atoms with Crippen molar-refractivity contribution in [2.24, 2.45) is 0 Å². The fraction of sp³-hybridized carbons (Fsp3) is 0.190. The number of aromatic nitrogens is 1. The fourth-order valence-corrected chi connectivity index (χ4v) is 5.00. The molecule has 0 spiro atoms. The molecular formula is C21H21N3O3S. The van der Waals surface area contributed by atoms with Gasteiger partial charge in [-0.2, -0.15) is 0 Å². The standard InChI is InChI=1S/C21H21N3O3S/c1-16-8-9-18(15-20(16)24-12-5-13-28(24,26)27)22-21(25)17-6-4-7-19(14-17)23-10-2-3-11-23/h2-4,6-11,14-15H,5,12-13H2,1H3,(H,22,25). The largest absolute Gasteiger partial charge is 0.324 e. The molecule has 1 N–H and O–H groups in total. The predicted octanol–water partition coefficient (Wildman–Crippen LogP) is 3.58. The average molecular weight is 395 g/mol. The predicted molar refractivity (Wildman–Crippen MR) is 111 cm³/mol. The normalized spacial score (nSPS) is 15.5. The van der Waals surface area contributed by atoms with E-state index in [1.54, 1.807) is 18.2 Å². The molecule has 0 aliphatic carbocycles. The lowest BCUT2D eigenvalue weighted by molar-refractivity contribution is 0.102. The van der Waals surface area contributed by atoms with Crippen molar-refractivity contribution in [3.8, 4) is 5.69 Å². The molecule has 7 heteroatoms. The van der Waals surface area contributed by atoms with Crippen molar-refractivity contribution in [2.75, 3.05) is 21.9 Å². The van der Waals surface area contributed by atoms with Crippen LogP contribution in [0.3, 0.4) is 0 Å². The van der Waals surface area contributed by atoms with Crippen molar-refractivity contribution >= 4 is 27.3 Å². The van der Waals surface area contributed by atoms with Crippen molar-refractivity contribution in [1.82, 2.24) is 4.57 Å². The summed E-state index contributed by atoms with van der Waals surface area (Å²) in [7, 11) is -3.27. The zero-order valence-corrected chi connectivity index (χ0v) is 16.3. The highest BCUT2D eigenvalue weighted by atomic mass is 32.2. The maximum Gasteiger partial charge on any atom is 0.255 e. The Balaban J connectivity index is 1.59. The average Bonchev–Trinajstić information content (AvgIpc) is 3.33. The number of rotatable bonds is 4. The lowest BCUT2D eigenvalue weighted by atomic mass is 10.1. The molecule has 0 radical (unpaired) electrons. The van der Waals surface area contributed by atoms with Crippen molar-refractivity contribution in [1.29, 1.82) is 0 Å². The quantitative estimate of drug-likeness (QED) is 0.734. The van der Waals surface area contributed by atoms with Gasteiger partial charge in [-0.1, -0.05) is 12.1 Å². The Labute approximate surface area is 164 Å². The highest BCUT2D eigenvalue weighted by Crippen LogP contribution is 2.30. The molecular weight excluding hydrogens is 374 g/mol. The third-order valence-corrected chi connectivity index (χ3v) is 6.70. The van der Waals surface area contributed by atoms with Crippen LogP contribution in [0.15, 0.2) is 67.0 Å². The van der Waals surface area contributed by atoms with E-state index >= 15 is 0 Å². The van der Waals surface area contributed by atoms with E-state index in [-0.39, 0.29) is 11.7 Å². The first-order valence-corrected chi connectivity index (χ1v) is 10.7. The SMILES string of the molecule is Cc1ccc(NC(=O)c2cccc(-n3cccc3)c2)cc1N1CCCS1(=O)=O. The lowest BCUT2D eigenvalue weighted by Crippen LogP contribution is -2.26. The first kappa shape index (κ1) is 18.3. The first-order chi connectivity index (χ1) is 13.4. The third kappa shape index (κ3) is 3.53. The molecule has 0 atom stereocenters. The second-order valence-electron chi connectivity index (χ2n) is 6.84. The minimum absolute atomic E-state index is 0.162. The summed E-state index contributed by atoms with van der Waals surface area (Å²) in [5, 5.41) is 2.88. The van der Waals surface area contributed by atoms with Crippen molar-refractivity contribution in [3.63, 3.8) is 0 Å². The summed E-state index contributed by atoms with van der Waals surface area (Å²) in [5.74, 6) is -0.0806. The molecule has 2 heterocycles. The van der Waals surface area contributed by atoms with E-state index in [1.165, 1.54) is 4.31 Å². The molecule has 1 saturated heterocycles. The monoisotopic (exact) mass is 395 g/mol. The van der Waals surface area contributed by atoms with Crippen LogP contribution >= 0.6 is 0 Å². The summed E-state index contributed by atoms with van der Waals surface area (Å²) in [4.78, 5) is 12.7. The topological polar surface area (TPSA) is 71.4 Å². The zero-order valence-electron chi connectivity index (χ0n) is 15.5. The number of nitrogens with one attached hydrogen (secondary N) is 1. The van der Waals surface area contributed by atoms with E-state index in [0.29, 0.717) is 29.9 Å². The second-order valence-corrected chi connectivity index (χ2v) is 8.85. The summed E-state index contributed by atoms with van der Waals surface area (Å²) >= 11 is 0. The molecule has 2 aromatic carbocycles. The lowest BCUT2D eigenvalue weighted by Gasteiger charge is -2.20. The first-order valence-electron chi connectivity index (χ1n) is 9.10. The summed E-state index contributed by atoms with van der Waals surface area (Å²) < 4.78 is 27.9. The van der Waals surface area contributed by atoms with E-state index in [2.05, 4.69) is 5.32 Å². The van der Waals surface area contributed by atoms with Gasteiger partial charge in [0, 0.05) is 35.9 Å². The molecule has 6 nitrogen and oxygen atoms in total. The minimum atomic E-state index is -3.27. The fourth-order valence-electron chi connectivity index (χ4n) is 3.38. The van der Waals surface area contributed by atoms with Gasteiger partial charge in [-0.3, -0.25) is 9.10 Å². The van der Waals surface area contributed by atoms with Gasteiger partial charge in [0.05, 0.1) is 11.4 Å². The highest BCUT2D eigenvalue weighted by Gasteiger charge is 2.29. The summed E-state index contributed by atoms with van der Waals surface area (Å²) in [6.45, 7) is 2.34. The Morgan fingerprint density at radius 3 is 2.54 bits per heavy atom. The Morgan fingerprint density at radius 1 is 1.04 bits per heavy atom. The van der Waals surface area contributed by atoms with Crippen LogP contribution in [-0.4, -0.2) is 31.2 Å². The van der Waals surface area contributed by atoms with E-state index in [4.69, 9.17) is 0 Å². The van der Waals surface area contributed by atoms with Gasteiger partial charge < -0.3 is 9.88 Å². The Bertz CT molecular complexity index is 1120. The molecule has 1 aliphatic rings. The molecule has 0 saturated carbocycles. The number of amides is 1. The Hall–Kier alpha value is -3.06. The van der Waals surface area contributed by atoms with Crippen LogP contribution in [-0.2, 0) is 10.0 Å². The summed E-state index contributed by atoms with van der Waals surface area (Å²) in [6, 6.07) is 16.5. The van der Waals surface area contributed by atoms with E-state index in [0.717, 1.165) is 11.3 Å². The minimum Gasteiger partial charge on any atom is -0.324 e. The Morgan fingerprint density at radius 2 is 1.82 bits per heavy atom. The molecule has 4 rings (SSSR count). The smallest absolute Gasteiger partial charge is 0.255 e. The van der Waals surface area contributed by atoms with Crippen LogP contribution in [0.4, 0.5) is 11.4 Å². The number of carbonyl (C=O) groups excluding carboxylic acids is 1. The summed E-state index contributed by atoms with van der Waals surface area (Å²) in [5.41, 5.74) is 3.47. The number of anilines is 2. The number of carbonyl (C=O) groups is 1.